The molecule has 0 bridgehead atoms. The van der Waals surface area contributed by atoms with Crippen LogP contribution in [-0.4, -0.2) is 73.2 Å². The Kier molecular flexibility index (Phi) is 17.9. The molecule has 6 fully saturated rings. The smallest absolute Gasteiger partial charge is 0.178 e. The summed E-state index contributed by atoms with van der Waals surface area (Å²) in [6.07, 6.45) is 20.7. The number of allylic oxidation sites excluding steroid dienone is 6. The van der Waals surface area contributed by atoms with Crippen LogP contribution in [0.15, 0.2) is 129 Å². The van der Waals surface area contributed by atoms with Crippen LogP contribution in [-0.2, 0) is 19.7 Å². The van der Waals surface area contributed by atoms with Gasteiger partial charge in [-0.15, -0.1) is 0 Å². The van der Waals surface area contributed by atoms with Crippen LogP contribution in [0.1, 0.15) is 130 Å². The molecule has 8 nitrogen and oxygen atoms in total. The van der Waals surface area contributed by atoms with Gasteiger partial charge < -0.3 is 20.4 Å². The molecule has 384 valence electrons. The molecule has 0 spiro atoms. The average molecular weight is 1040 g/mol. The van der Waals surface area contributed by atoms with Crippen LogP contribution in [0.25, 0.3) is 0 Å². The number of hydrogen-bond acceptors (Lipinski definition) is 8. The summed E-state index contributed by atoms with van der Waals surface area (Å²) in [7, 11) is -6.65. The molecule has 0 radical (unpaired) electrons. The molecular formula is C58H78Cl2O8S2. The van der Waals surface area contributed by atoms with Crippen molar-refractivity contribution in [3.63, 3.8) is 0 Å². The fraction of sp³-hybridized carbons (Fsp3) is 0.586. The lowest BCUT2D eigenvalue weighted by molar-refractivity contribution is 0.0855. The third kappa shape index (κ3) is 12.4. The minimum Gasteiger partial charge on any atom is -0.393 e. The molecule has 0 aromatic heterocycles. The first-order valence-corrected chi connectivity index (χ1v) is 29.9. The maximum Gasteiger partial charge on any atom is 0.178 e. The second-order valence-electron chi connectivity index (χ2n) is 22.4. The van der Waals surface area contributed by atoms with Gasteiger partial charge in [-0.05, 0) is 207 Å². The highest BCUT2D eigenvalue weighted by Gasteiger charge is 2.52. The highest BCUT2D eigenvalue weighted by atomic mass is 35.5. The monoisotopic (exact) mass is 1040 g/mol. The number of sulfone groups is 2. The Morgan fingerprint density at radius 1 is 0.600 bits per heavy atom. The molecule has 0 heterocycles. The van der Waals surface area contributed by atoms with Crippen LogP contribution in [0.3, 0.4) is 0 Å². The molecule has 2 aromatic carbocycles. The van der Waals surface area contributed by atoms with Crippen molar-refractivity contribution >= 4 is 42.9 Å². The summed E-state index contributed by atoms with van der Waals surface area (Å²) in [5.74, 6) is 2.97. The zero-order valence-electron chi connectivity index (χ0n) is 41.8. The molecule has 6 aliphatic rings. The lowest BCUT2D eigenvalue weighted by Crippen LogP contribution is -2.36. The molecular weight excluding hydrogens is 960 g/mol. The van der Waals surface area contributed by atoms with Gasteiger partial charge in [0.2, 0.25) is 0 Å². The SMILES string of the molecule is C=C1/C(=C\C=C2/CCC[C@]3(C)[C@@H]([C@H](C)CCS(=O)(=O)c4ccc(Cl)cc4)CC[C@@H]23)C[C@@H](O)C[C@@H]1O.C=C1/C(=C\C=C2/CCC[C@]3(C)[C@@H]([C@H](C)CCS(=O)(=O)c4ccc(Cl)cc4)CC[C@@H]23)C[C@H](O)C[C@H]1O. The minimum atomic E-state index is -3.32. The molecule has 0 aliphatic heterocycles. The predicted molar refractivity (Wildman–Crippen MR) is 284 cm³/mol. The Labute approximate surface area is 429 Å². The number of halogens is 2. The Hall–Kier alpha value is -2.80. The first-order chi connectivity index (χ1) is 33.0. The van der Waals surface area contributed by atoms with Crippen molar-refractivity contribution < 1.29 is 37.3 Å². The summed E-state index contributed by atoms with van der Waals surface area (Å²) in [5, 5.41) is 41.6. The van der Waals surface area contributed by atoms with E-state index in [0.29, 0.717) is 93.9 Å². The third-order valence-corrected chi connectivity index (χ3v) is 22.0. The number of fused-ring (bicyclic) bond motifs is 2. The van der Waals surface area contributed by atoms with Crippen LogP contribution in [0, 0.1) is 46.3 Å². The van der Waals surface area contributed by atoms with Crippen LogP contribution < -0.4 is 0 Å². The van der Waals surface area contributed by atoms with Crippen LogP contribution in [0.5, 0.6) is 0 Å². The lowest BCUT2D eigenvalue weighted by Gasteiger charge is -2.44. The largest absolute Gasteiger partial charge is 0.393 e. The molecule has 6 saturated carbocycles. The number of aliphatic hydroxyl groups excluding tert-OH is 4. The first kappa shape index (κ1) is 55.0. The van der Waals surface area contributed by atoms with E-state index in [0.717, 1.165) is 73.7 Å². The first-order valence-electron chi connectivity index (χ1n) is 25.9. The topological polar surface area (TPSA) is 149 Å². The van der Waals surface area contributed by atoms with Gasteiger partial charge in [0.25, 0.3) is 0 Å². The summed E-state index contributed by atoms with van der Waals surface area (Å²) >= 11 is 11.8. The highest BCUT2D eigenvalue weighted by molar-refractivity contribution is 7.91. The van der Waals surface area contributed by atoms with Crippen molar-refractivity contribution in [3.8, 4) is 0 Å². The quantitative estimate of drug-likeness (QED) is 0.164. The van der Waals surface area contributed by atoms with Crippen LogP contribution in [0.4, 0.5) is 0 Å². The average Bonchev–Trinajstić information content (AvgIpc) is 3.86. The summed E-state index contributed by atoms with van der Waals surface area (Å²) < 4.78 is 51.5. The van der Waals surface area contributed by atoms with Gasteiger partial charge in [0, 0.05) is 22.9 Å². The third-order valence-electron chi connectivity index (χ3n) is 18.0. The van der Waals surface area contributed by atoms with Gasteiger partial charge in [-0.2, -0.15) is 0 Å². The zero-order valence-corrected chi connectivity index (χ0v) is 45.0. The minimum absolute atomic E-state index is 0.161. The Bertz CT molecular complexity index is 2390. The van der Waals surface area contributed by atoms with Crippen LogP contribution in [0.2, 0.25) is 10.0 Å². The summed E-state index contributed by atoms with van der Waals surface area (Å²) in [4.78, 5) is 0.695. The van der Waals surface area contributed by atoms with Gasteiger partial charge in [-0.3, -0.25) is 0 Å². The summed E-state index contributed by atoms with van der Waals surface area (Å²) in [6.45, 7) is 17.4. The van der Waals surface area contributed by atoms with Gasteiger partial charge in [0.15, 0.2) is 19.7 Å². The molecule has 8 rings (SSSR count). The molecule has 4 N–H and O–H groups in total. The number of rotatable bonds is 12. The molecule has 70 heavy (non-hydrogen) atoms. The van der Waals surface area contributed by atoms with E-state index < -0.39 is 44.1 Å². The van der Waals surface area contributed by atoms with E-state index in [1.54, 1.807) is 48.5 Å². The maximum absolute atomic E-state index is 12.9. The highest BCUT2D eigenvalue weighted by Crippen LogP contribution is 2.61. The Balaban J connectivity index is 0.000000206. The molecule has 0 amide bonds. The fourth-order valence-corrected chi connectivity index (χ4v) is 17.2. The fourth-order valence-electron chi connectivity index (χ4n) is 14.0. The van der Waals surface area contributed by atoms with Gasteiger partial charge in [-0.1, -0.05) is 99.5 Å². The normalized spacial score (nSPS) is 34.8. The molecule has 12 heteroatoms. The van der Waals surface area contributed by atoms with Crippen molar-refractivity contribution in [2.45, 2.75) is 165 Å². The van der Waals surface area contributed by atoms with Crippen molar-refractivity contribution in [2.75, 3.05) is 11.5 Å². The summed E-state index contributed by atoms with van der Waals surface area (Å²) in [6, 6.07) is 12.9. The predicted octanol–water partition coefficient (Wildman–Crippen LogP) is 12.6. The van der Waals surface area contributed by atoms with E-state index in [-0.39, 0.29) is 22.3 Å². The molecule has 2 aromatic rings. The van der Waals surface area contributed by atoms with Gasteiger partial charge in [0.1, 0.15) is 0 Å². The van der Waals surface area contributed by atoms with Crippen molar-refractivity contribution in [1.29, 1.82) is 0 Å². The standard InChI is InChI=1S/2C29H39ClO4S/c2*1-19(14-16-35(33,34)25-10-8-23(30)9-11-25)26-12-13-27-21(5-4-15-29(26,27)3)6-7-22-17-24(31)18-28(32)20(22)2/h2*6-11,19,24,26-28,31-32H,2,4-5,12-18H2,1,3H3/b2*21-6+,22-7-/t19-,24+,26-,27+,28-,29-;19-,24-,26-,27+,28+,29-/m11/s1. The Morgan fingerprint density at radius 3 is 1.31 bits per heavy atom. The van der Waals surface area contributed by atoms with E-state index in [1.165, 1.54) is 24.0 Å². The number of hydrogen-bond donors (Lipinski definition) is 4. The van der Waals surface area contributed by atoms with Crippen molar-refractivity contribution in [2.24, 2.45) is 46.3 Å². The van der Waals surface area contributed by atoms with E-state index >= 15 is 0 Å². The van der Waals surface area contributed by atoms with Crippen molar-refractivity contribution in [1.82, 2.24) is 0 Å². The summed E-state index contributed by atoms with van der Waals surface area (Å²) in [5.41, 5.74) is 6.62. The second-order valence-corrected chi connectivity index (χ2v) is 27.5. The lowest BCUT2D eigenvalue weighted by atomic mass is 9.61. The van der Waals surface area contributed by atoms with Gasteiger partial charge in [0.05, 0.1) is 45.7 Å². The van der Waals surface area contributed by atoms with Gasteiger partial charge in [-0.25, -0.2) is 16.8 Å². The number of aliphatic hydroxyl groups is 4. The van der Waals surface area contributed by atoms with Crippen LogP contribution >= 0.6 is 23.2 Å². The van der Waals surface area contributed by atoms with Crippen molar-refractivity contribution in [3.05, 3.63) is 129 Å². The number of benzene rings is 2. The molecule has 0 saturated heterocycles. The zero-order chi connectivity index (χ0) is 50.8. The van der Waals surface area contributed by atoms with E-state index in [9.17, 15) is 37.3 Å². The maximum atomic E-state index is 12.9. The second kappa shape index (κ2) is 22.8. The molecule has 6 aliphatic carbocycles. The Morgan fingerprint density at radius 2 is 0.957 bits per heavy atom. The molecule has 12 atom stereocenters. The van der Waals surface area contributed by atoms with Gasteiger partial charge >= 0.3 is 0 Å². The molecule has 0 unspecified atom stereocenters. The van der Waals surface area contributed by atoms with E-state index in [2.05, 4.69) is 65.2 Å². The van der Waals surface area contributed by atoms with E-state index in [4.69, 9.17) is 23.2 Å². The van der Waals surface area contributed by atoms with E-state index in [1.807, 2.05) is 0 Å².